The fourth-order valence-corrected chi connectivity index (χ4v) is 3.26. The number of hydrogen-bond acceptors (Lipinski definition) is 0. The Labute approximate surface area is 109 Å². The van der Waals surface area contributed by atoms with Crippen LogP contribution in [0.2, 0.25) is 19.6 Å². The Hall–Kier alpha value is -0.563. The predicted octanol–water partition coefficient (Wildman–Crippen LogP) is 5.36. The van der Waals surface area contributed by atoms with E-state index in [-0.39, 0.29) is 0 Å². The minimum atomic E-state index is -1.10. The van der Waals surface area contributed by atoms with Crippen LogP contribution in [0.25, 0.3) is 0 Å². The fourth-order valence-electron chi connectivity index (χ4n) is 1.93. The number of hydrogen-bond donors (Lipinski definition) is 0. The smallest absolute Gasteiger partial charge is 0.0771 e. The maximum atomic E-state index is 2.46. The lowest BCUT2D eigenvalue weighted by atomic mass is 9.91. The lowest BCUT2D eigenvalue weighted by Gasteiger charge is -2.22. The van der Waals surface area contributed by atoms with Gasteiger partial charge < -0.3 is 0 Å². The van der Waals surface area contributed by atoms with Crippen molar-refractivity contribution in [3.8, 4) is 0 Å². The molecule has 96 valence electrons. The van der Waals surface area contributed by atoms with Crippen LogP contribution >= 0.6 is 0 Å². The first kappa shape index (κ1) is 14.5. The topological polar surface area (TPSA) is 0 Å². The SMILES string of the molecule is CC(C)(C)C/C=C/C1C=CC([Si](C)(C)C)=CC1. The summed E-state index contributed by atoms with van der Waals surface area (Å²) in [5.41, 5.74) is 0.411. The van der Waals surface area contributed by atoms with Crippen molar-refractivity contribution in [3.63, 3.8) is 0 Å². The molecule has 0 radical (unpaired) electrons. The zero-order valence-electron chi connectivity index (χ0n) is 12.4. The van der Waals surface area contributed by atoms with Gasteiger partial charge in [0, 0.05) is 0 Å². The summed E-state index contributed by atoms with van der Waals surface area (Å²) < 4.78 is 0. The Bertz CT molecular complexity index is 332. The molecule has 1 unspecified atom stereocenters. The van der Waals surface area contributed by atoms with Gasteiger partial charge in [0.1, 0.15) is 0 Å². The van der Waals surface area contributed by atoms with E-state index < -0.39 is 8.07 Å². The van der Waals surface area contributed by atoms with E-state index in [1.165, 1.54) is 12.8 Å². The van der Waals surface area contributed by atoms with Gasteiger partial charge in [0.25, 0.3) is 0 Å². The van der Waals surface area contributed by atoms with Crippen LogP contribution in [-0.4, -0.2) is 8.07 Å². The molecular formula is C16H28Si. The van der Waals surface area contributed by atoms with E-state index in [4.69, 9.17) is 0 Å². The summed E-state index contributed by atoms with van der Waals surface area (Å²) in [5.74, 6) is 0.623. The molecule has 0 heterocycles. The maximum Gasteiger partial charge on any atom is 0.0771 e. The van der Waals surface area contributed by atoms with Gasteiger partial charge in [-0.2, -0.15) is 0 Å². The highest BCUT2D eigenvalue weighted by atomic mass is 28.3. The van der Waals surface area contributed by atoms with E-state index in [0.717, 1.165) is 0 Å². The van der Waals surface area contributed by atoms with Crippen molar-refractivity contribution in [2.24, 2.45) is 11.3 Å². The van der Waals surface area contributed by atoms with Crippen molar-refractivity contribution in [1.29, 1.82) is 0 Å². The van der Waals surface area contributed by atoms with Crippen LogP contribution in [0.4, 0.5) is 0 Å². The van der Waals surface area contributed by atoms with Crippen molar-refractivity contribution in [2.75, 3.05) is 0 Å². The summed E-state index contributed by atoms with van der Waals surface area (Å²) in [6.07, 6.45) is 14.3. The minimum absolute atomic E-state index is 0.411. The van der Waals surface area contributed by atoms with Gasteiger partial charge in [-0.05, 0) is 24.2 Å². The van der Waals surface area contributed by atoms with Crippen molar-refractivity contribution in [1.82, 2.24) is 0 Å². The van der Waals surface area contributed by atoms with E-state index in [9.17, 15) is 0 Å². The van der Waals surface area contributed by atoms with Gasteiger partial charge in [-0.1, -0.05) is 76.0 Å². The first-order valence-corrected chi connectivity index (χ1v) is 10.2. The Kier molecular flexibility index (Phi) is 4.59. The standard InChI is InChI=1S/C16H28Si/c1-16(2,3)13-7-8-14-9-11-15(12-10-14)17(4,5)6/h7-9,11-12,14H,10,13H2,1-6H3/b8-7+. The molecule has 0 aliphatic heterocycles. The van der Waals surface area contributed by atoms with E-state index >= 15 is 0 Å². The first-order valence-electron chi connectivity index (χ1n) is 6.74. The molecule has 0 aromatic carbocycles. The third-order valence-electron chi connectivity index (χ3n) is 3.11. The first-order chi connectivity index (χ1) is 7.68. The van der Waals surface area contributed by atoms with Crippen LogP contribution < -0.4 is 0 Å². The highest BCUT2D eigenvalue weighted by Gasteiger charge is 2.19. The molecule has 0 aromatic rings. The highest BCUT2D eigenvalue weighted by molar-refractivity contribution is 6.83. The van der Waals surface area contributed by atoms with Crippen molar-refractivity contribution < 1.29 is 0 Å². The lowest BCUT2D eigenvalue weighted by molar-refractivity contribution is 0.419. The van der Waals surface area contributed by atoms with Crippen LogP contribution in [0.5, 0.6) is 0 Å². The second-order valence-electron chi connectivity index (χ2n) is 7.36. The summed E-state index contributed by atoms with van der Waals surface area (Å²) in [5, 5.41) is 1.61. The van der Waals surface area contributed by atoms with E-state index in [0.29, 0.717) is 11.3 Å². The normalized spacial score (nSPS) is 22.0. The molecule has 0 fully saturated rings. The molecule has 1 heteroatoms. The molecule has 0 aromatic heterocycles. The zero-order chi connectivity index (χ0) is 13.1. The Balaban J connectivity index is 2.49. The van der Waals surface area contributed by atoms with Crippen molar-refractivity contribution in [3.05, 3.63) is 35.6 Å². The quantitative estimate of drug-likeness (QED) is 0.466. The molecule has 0 nitrogen and oxygen atoms in total. The monoisotopic (exact) mass is 248 g/mol. The minimum Gasteiger partial charge on any atom is -0.0874 e. The second kappa shape index (κ2) is 5.39. The third-order valence-corrected chi connectivity index (χ3v) is 5.22. The van der Waals surface area contributed by atoms with Gasteiger partial charge in [-0.25, -0.2) is 0 Å². The van der Waals surface area contributed by atoms with Crippen LogP contribution in [0.15, 0.2) is 35.6 Å². The molecule has 1 aliphatic carbocycles. The molecule has 17 heavy (non-hydrogen) atoms. The van der Waals surface area contributed by atoms with Crippen LogP contribution in [0.1, 0.15) is 33.6 Å². The molecular weight excluding hydrogens is 220 g/mol. The van der Waals surface area contributed by atoms with E-state index in [1.54, 1.807) is 5.20 Å². The molecule has 0 spiro atoms. The Morgan fingerprint density at radius 1 is 1.29 bits per heavy atom. The van der Waals surface area contributed by atoms with Crippen LogP contribution in [-0.2, 0) is 0 Å². The van der Waals surface area contributed by atoms with Crippen LogP contribution in [0, 0.1) is 11.3 Å². The van der Waals surface area contributed by atoms with Gasteiger partial charge in [-0.3, -0.25) is 0 Å². The summed E-state index contributed by atoms with van der Waals surface area (Å²) in [6, 6.07) is 0. The predicted molar refractivity (Wildman–Crippen MR) is 81.9 cm³/mol. The third kappa shape index (κ3) is 5.54. The number of allylic oxidation sites excluding steroid dienone is 6. The molecule has 1 rings (SSSR count). The second-order valence-corrected chi connectivity index (χ2v) is 12.4. The molecule has 1 atom stereocenters. The summed E-state index contributed by atoms with van der Waals surface area (Å²) in [4.78, 5) is 0. The van der Waals surface area contributed by atoms with E-state index in [1.807, 2.05) is 0 Å². The van der Waals surface area contributed by atoms with Crippen molar-refractivity contribution >= 4 is 8.07 Å². The molecule has 0 saturated heterocycles. The average molecular weight is 248 g/mol. The zero-order valence-corrected chi connectivity index (χ0v) is 13.4. The fraction of sp³-hybridized carbons (Fsp3) is 0.625. The molecule has 0 N–H and O–H groups in total. The van der Waals surface area contributed by atoms with Gasteiger partial charge >= 0.3 is 0 Å². The summed E-state index contributed by atoms with van der Waals surface area (Å²) in [6.45, 7) is 14.1. The Morgan fingerprint density at radius 3 is 2.35 bits per heavy atom. The molecule has 1 aliphatic rings. The van der Waals surface area contributed by atoms with Gasteiger partial charge in [0.15, 0.2) is 0 Å². The van der Waals surface area contributed by atoms with Gasteiger partial charge in [0.2, 0.25) is 0 Å². The molecule has 0 amide bonds. The molecule has 0 bridgehead atoms. The van der Waals surface area contributed by atoms with Gasteiger partial charge in [0.05, 0.1) is 8.07 Å². The average Bonchev–Trinajstić information content (AvgIpc) is 2.15. The maximum absolute atomic E-state index is 2.46. The van der Waals surface area contributed by atoms with E-state index in [2.05, 4.69) is 70.8 Å². The van der Waals surface area contributed by atoms with Crippen LogP contribution in [0.3, 0.4) is 0 Å². The largest absolute Gasteiger partial charge is 0.0874 e. The number of rotatable bonds is 3. The summed E-state index contributed by atoms with van der Waals surface area (Å²) >= 11 is 0. The van der Waals surface area contributed by atoms with Crippen molar-refractivity contribution in [2.45, 2.75) is 53.3 Å². The highest BCUT2D eigenvalue weighted by Crippen LogP contribution is 2.25. The van der Waals surface area contributed by atoms with Gasteiger partial charge in [-0.15, -0.1) is 0 Å². The lowest BCUT2D eigenvalue weighted by Crippen LogP contribution is -2.24. The summed E-state index contributed by atoms with van der Waals surface area (Å²) in [7, 11) is -1.10. The molecule has 0 saturated carbocycles. The Morgan fingerprint density at radius 2 is 1.94 bits per heavy atom.